The summed E-state index contributed by atoms with van der Waals surface area (Å²) in [5.41, 5.74) is 7.19. The number of nitrogens with zero attached hydrogens (tertiary/aromatic N) is 3. The second-order valence-corrected chi connectivity index (χ2v) is 4.72. The quantitative estimate of drug-likeness (QED) is 0.706. The van der Waals surface area contributed by atoms with Crippen LogP contribution in [-0.2, 0) is 0 Å². The van der Waals surface area contributed by atoms with Gasteiger partial charge in [0.05, 0.1) is 22.5 Å². The van der Waals surface area contributed by atoms with E-state index in [1.807, 2.05) is 0 Å². The molecule has 0 spiro atoms. The topological polar surface area (TPSA) is 80.5 Å². The Hall–Kier alpha value is -2.35. The molecule has 8 heteroatoms. The highest BCUT2D eigenvalue weighted by Gasteiger charge is 2.17. The Labute approximate surface area is 110 Å². The van der Waals surface area contributed by atoms with E-state index in [2.05, 4.69) is 20.2 Å². The first-order valence-corrected chi connectivity index (χ1v) is 6.04. The number of nitrogen functional groups attached to an aromatic ring is 1. The molecule has 3 aromatic heterocycles. The smallest absolute Gasteiger partial charge is 0.249 e. The predicted octanol–water partition coefficient (Wildman–Crippen LogP) is 2.46. The lowest BCUT2D eigenvalue weighted by molar-refractivity contribution is 0.480. The molecule has 0 aliphatic rings. The Kier molecular flexibility index (Phi) is 2.71. The van der Waals surface area contributed by atoms with Crippen LogP contribution in [0.15, 0.2) is 24.5 Å². The molecule has 3 N–H and O–H groups in total. The third kappa shape index (κ3) is 2.06. The first kappa shape index (κ1) is 11.7. The molecule has 0 unspecified atom stereocenters. The minimum Gasteiger partial charge on any atom is -0.375 e. The molecule has 96 valence electrons. The molecule has 3 rings (SSSR count). The summed E-state index contributed by atoms with van der Waals surface area (Å²) in [7, 11) is 0. The Morgan fingerprint density at radius 2 is 2.05 bits per heavy atom. The maximum absolute atomic E-state index is 13.2. The zero-order chi connectivity index (χ0) is 13.4. The fourth-order valence-corrected chi connectivity index (χ4v) is 2.45. The van der Waals surface area contributed by atoms with Crippen LogP contribution in [0.5, 0.6) is 0 Å². The Morgan fingerprint density at radius 3 is 2.74 bits per heavy atom. The van der Waals surface area contributed by atoms with Crippen molar-refractivity contribution in [2.24, 2.45) is 0 Å². The van der Waals surface area contributed by atoms with Gasteiger partial charge in [-0.05, 0) is 12.1 Å². The van der Waals surface area contributed by atoms with Crippen LogP contribution in [0.1, 0.15) is 0 Å². The van der Waals surface area contributed by atoms with Gasteiger partial charge in [0.1, 0.15) is 0 Å². The van der Waals surface area contributed by atoms with Crippen molar-refractivity contribution in [3.63, 3.8) is 0 Å². The number of halogens is 2. The van der Waals surface area contributed by atoms with Gasteiger partial charge in [0.25, 0.3) is 0 Å². The number of aromatic amines is 1. The van der Waals surface area contributed by atoms with E-state index >= 15 is 0 Å². The number of anilines is 1. The van der Waals surface area contributed by atoms with Crippen molar-refractivity contribution < 1.29 is 8.78 Å². The van der Waals surface area contributed by atoms with E-state index in [-0.39, 0.29) is 5.69 Å². The van der Waals surface area contributed by atoms with Gasteiger partial charge in [-0.3, -0.25) is 5.10 Å². The molecule has 0 amide bonds. The van der Waals surface area contributed by atoms with Crippen LogP contribution >= 0.6 is 11.3 Å². The average molecular weight is 279 g/mol. The van der Waals surface area contributed by atoms with Crippen LogP contribution in [0.2, 0.25) is 0 Å². The highest BCUT2D eigenvalue weighted by Crippen LogP contribution is 2.36. The van der Waals surface area contributed by atoms with E-state index in [0.717, 1.165) is 17.4 Å². The van der Waals surface area contributed by atoms with Gasteiger partial charge in [0, 0.05) is 11.8 Å². The molecule has 0 aliphatic carbocycles. The van der Waals surface area contributed by atoms with Crippen molar-refractivity contribution in [2.45, 2.75) is 0 Å². The van der Waals surface area contributed by atoms with Crippen LogP contribution in [0.25, 0.3) is 21.8 Å². The van der Waals surface area contributed by atoms with Crippen LogP contribution in [0.3, 0.4) is 0 Å². The molecule has 0 aliphatic heterocycles. The van der Waals surface area contributed by atoms with E-state index in [4.69, 9.17) is 5.73 Å². The lowest BCUT2D eigenvalue weighted by Crippen LogP contribution is -1.91. The molecule has 0 aromatic carbocycles. The Bertz CT molecular complexity index is 723. The minimum atomic E-state index is -1.15. The summed E-state index contributed by atoms with van der Waals surface area (Å²) in [6, 6.07) is 2.40. The number of H-pyrrole nitrogens is 1. The number of nitrogens with two attached hydrogens (primary N) is 1. The van der Waals surface area contributed by atoms with E-state index in [0.29, 0.717) is 21.3 Å². The summed E-state index contributed by atoms with van der Waals surface area (Å²) in [6.45, 7) is 0. The third-order valence-corrected chi connectivity index (χ3v) is 3.36. The number of hydrogen-bond donors (Lipinski definition) is 2. The highest BCUT2D eigenvalue weighted by atomic mass is 32.1. The number of pyridine rings is 1. The van der Waals surface area contributed by atoms with Gasteiger partial charge in [-0.25, -0.2) is 14.4 Å². The van der Waals surface area contributed by atoms with Crippen LogP contribution in [0, 0.1) is 11.8 Å². The first-order valence-electron chi connectivity index (χ1n) is 5.23. The van der Waals surface area contributed by atoms with Crippen LogP contribution < -0.4 is 5.73 Å². The monoisotopic (exact) mass is 279 g/mol. The lowest BCUT2D eigenvalue weighted by Gasteiger charge is -2.00. The molecule has 0 atom stereocenters. The summed E-state index contributed by atoms with van der Waals surface area (Å²) in [5, 5.41) is 6.79. The lowest BCUT2D eigenvalue weighted by atomic mass is 10.2. The average Bonchev–Trinajstić information content (AvgIpc) is 3.01. The fourth-order valence-electron chi connectivity index (χ4n) is 1.63. The molecule has 3 aromatic rings. The van der Waals surface area contributed by atoms with Crippen LogP contribution in [-0.4, -0.2) is 20.2 Å². The number of nitrogens with one attached hydrogen (secondary N) is 1. The SMILES string of the molecule is Nc1nc(-c2cn[nH]c2)c(-c2ccc(F)c(F)n2)s1. The predicted molar refractivity (Wildman–Crippen MR) is 67.3 cm³/mol. The van der Waals surface area contributed by atoms with Gasteiger partial charge in [0.2, 0.25) is 5.95 Å². The molecule has 5 nitrogen and oxygen atoms in total. The number of thiazole rings is 1. The zero-order valence-corrected chi connectivity index (χ0v) is 10.2. The minimum absolute atomic E-state index is 0.282. The Morgan fingerprint density at radius 1 is 1.21 bits per heavy atom. The zero-order valence-electron chi connectivity index (χ0n) is 9.39. The van der Waals surface area contributed by atoms with Gasteiger partial charge in [-0.2, -0.15) is 9.49 Å². The summed E-state index contributed by atoms with van der Waals surface area (Å²) in [5.74, 6) is -2.14. The van der Waals surface area contributed by atoms with Crippen molar-refractivity contribution in [3.05, 3.63) is 36.3 Å². The second kappa shape index (κ2) is 4.39. The fraction of sp³-hybridized carbons (Fsp3) is 0. The van der Waals surface area contributed by atoms with Crippen molar-refractivity contribution in [1.82, 2.24) is 20.2 Å². The highest BCUT2D eigenvalue weighted by molar-refractivity contribution is 7.19. The molecule has 0 radical (unpaired) electrons. The molecule has 0 saturated carbocycles. The summed E-state index contributed by atoms with van der Waals surface area (Å²) < 4.78 is 26.1. The summed E-state index contributed by atoms with van der Waals surface area (Å²) in [6.07, 6.45) is 3.20. The number of hydrogen-bond acceptors (Lipinski definition) is 5. The van der Waals surface area contributed by atoms with E-state index in [1.165, 1.54) is 6.07 Å². The van der Waals surface area contributed by atoms with Crippen LogP contribution in [0.4, 0.5) is 13.9 Å². The van der Waals surface area contributed by atoms with Gasteiger partial charge in [-0.15, -0.1) is 0 Å². The van der Waals surface area contributed by atoms with E-state index < -0.39 is 11.8 Å². The molecular weight excluding hydrogens is 272 g/mol. The van der Waals surface area contributed by atoms with Gasteiger partial charge in [0.15, 0.2) is 10.9 Å². The van der Waals surface area contributed by atoms with Gasteiger partial charge < -0.3 is 5.73 Å². The maximum Gasteiger partial charge on any atom is 0.249 e. The molecule has 3 heterocycles. The Balaban J connectivity index is 2.17. The standard InChI is InChI=1S/C11H7F2N5S/c12-6-1-2-7(17-10(6)13)9-8(18-11(14)19-9)5-3-15-16-4-5/h1-4H,(H2,14,18)(H,15,16). The molecular formula is C11H7F2N5S. The van der Waals surface area contributed by atoms with Crippen molar-refractivity contribution >= 4 is 16.5 Å². The first-order chi connectivity index (χ1) is 9.15. The summed E-state index contributed by atoms with van der Waals surface area (Å²) in [4.78, 5) is 8.30. The van der Waals surface area contributed by atoms with Crippen molar-refractivity contribution in [1.29, 1.82) is 0 Å². The molecule has 19 heavy (non-hydrogen) atoms. The number of aromatic nitrogens is 4. The van der Waals surface area contributed by atoms with E-state index in [1.54, 1.807) is 12.4 Å². The molecule has 0 bridgehead atoms. The third-order valence-electron chi connectivity index (χ3n) is 2.45. The van der Waals surface area contributed by atoms with Crippen molar-refractivity contribution in [2.75, 3.05) is 5.73 Å². The van der Waals surface area contributed by atoms with Crippen molar-refractivity contribution in [3.8, 4) is 21.8 Å². The van der Waals surface area contributed by atoms with E-state index in [9.17, 15) is 8.78 Å². The molecule has 0 saturated heterocycles. The number of rotatable bonds is 2. The largest absolute Gasteiger partial charge is 0.375 e. The summed E-state index contributed by atoms with van der Waals surface area (Å²) >= 11 is 1.15. The second-order valence-electron chi connectivity index (χ2n) is 3.69. The maximum atomic E-state index is 13.2. The normalized spacial score (nSPS) is 10.8. The molecule has 0 fully saturated rings. The van der Waals surface area contributed by atoms with Gasteiger partial charge in [-0.1, -0.05) is 11.3 Å². The van der Waals surface area contributed by atoms with Gasteiger partial charge >= 0.3 is 0 Å².